The van der Waals surface area contributed by atoms with Crippen molar-refractivity contribution in [2.24, 2.45) is 5.92 Å². The van der Waals surface area contributed by atoms with Gasteiger partial charge in [-0.1, -0.05) is 6.08 Å². The Morgan fingerprint density at radius 2 is 2.29 bits per heavy atom. The molecule has 0 saturated carbocycles. The molecule has 1 N–H and O–H groups in total. The molecule has 3 nitrogen and oxygen atoms in total. The van der Waals surface area contributed by atoms with E-state index in [1.807, 2.05) is 6.08 Å². The van der Waals surface area contributed by atoms with E-state index in [0.717, 1.165) is 25.7 Å². The highest BCUT2D eigenvalue weighted by Crippen LogP contribution is 2.12. The maximum absolute atomic E-state index is 10.5. The molecule has 0 aliphatic rings. The molecule has 0 aromatic rings. The van der Waals surface area contributed by atoms with Gasteiger partial charge >= 0.3 is 5.97 Å². The predicted molar refractivity (Wildman–Crippen MR) is 55.9 cm³/mol. The van der Waals surface area contributed by atoms with Gasteiger partial charge in [0.2, 0.25) is 0 Å². The molecular formula is C11H20O3. The Bertz CT molecular complexity index is 166. The van der Waals surface area contributed by atoms with E-state index in [1.54, 1.807) is 0 Å². The summed E-state index contributed by atoms with van der Waals surface area (Å²) in [6.45, 7) is 5.61. The van der Waals surface area contributed by atoms with Crippen LogP contribution < -0.4 is 0 Å². The normalized spacial score (nSPS) is 12.1. The third-order valence-corrected chi connectivity index (χ3v) is 2.11. The number of aliphatic hydroxyl groups excluding tert-OH is 1. The van der Waals surface area contributed by atoms with Crippen LogP contribution in [0.4, 0.5) is 0 Å². The van der Waals surface area contributed by atoms with Crippen LogP contribution in [0.15, 0.2) is 12.7 Å². The third-order valence-electron chi connectivity index (χ3n) is 2.11. The monoisotopic (exact) mass is 200 g/mol. The van der Waals surface area contributed by atoms with E-state index < -0.39 is 0 Å². The van der Waals surface area contributed by atoms with E-state index in [4.69, 9.17) is 9.84 Å². The fraction of sp³-hybridized carbons (Fsp3) is 0.727. The van der Waals surface area contributed by atoms with Crippen molar-refractivity contribution in [3.63, 3.8) is 0 Å². The van der Waals surface area contributed by atoms with E-state index in [2.05, 4.69) is 6.58 Å². The average Bonchev–Trinajstić information content (AvgIpc) is 2.15. The van der Waals surface area contributed by atoms with Crippen molar-refractivity contribution in [1.82, 2.24) is 0 Å². The minimum absolute atomic E-state index is 0.165. The zero-order valence-corrected chi connectivity index (χ0v) is 8.87. The summed E-state index contributed by atoms with van der Waals surface area (Å²) in [6.07, 6.45) is 5.59. The molecule has 0 heterocycles. The minimum atomic E-state index is -0.257. The molecule has 0 aliphatic heterocycles. The van der Waals surface area contributed by atoms with E-state index >= 15 is 0 Å². The fourth-order valence-electron chi connectivity index (χ4n) is 1.25. The van der Waals surface area contributed by atoms with E-state index in [0.29, 0.717) is 6.61 Å². The summed E-state index contributed by atoms with van der Waals surface area (Å²) in [5.41, 5.74) is 0. The van der Waals surface area contributed by atoms with Crippen molar-refractivity contribution in [3.8, 4) is 0 Å². The number of ether oxygens (including phenoxy) is 1. The maximum Gasteiger partial charge on any atom is 0.302 e. The Kier molecular flexibility index (Phi) is 8.24. The van der Waals surface area contributed by atoms with Crippen molar-refractivity contribution < 1.29 is 14.6 Å². The summed E-state index contributed by atoms with van der Waals surface area (Å²) in [5.74, 6) is -0.0120. The molecule has 0 aliphatic carbocycles. The number of rotatable bonds is 8. The topological polar surface area (TPSA) is 46.5 Å². The number of carbonyl (C=O) groups is 1. The molecule has 0 aromatic heterocycles. The summed E-state index contributed by atoms with van der Waals surface area (Å²) in [5, 5.41) is 9.02. The number of esters is 1. The quantitative estimate of drug-likeness (QED) is 0.370. The molecule has 0 amide bonds. The Morgan fingerprint density at radius 3 is 2.79 bits per heavy atom. The second-order valence-electron chi connectivity index (χ2n) is 3.40. The first-order valence-electron chi connectivity index (χ1n) is 5.05. The van der Waals surface area contributed by atoms with Crippen LogP contribution in [-0.2, 0) is 9.53 Å². The lowest BCUT2D eigenvalue weighted by atomic mass is 10.00. The van der Waals surface area contributed by atoms with Gasteiger partial charge in [0.15, 0.2) is 0 Å². The number of allylic oxidation sites excluding steroid dienone is 1. The molecule has 0 rings (SSSR count). The zero-order chi connectivity index (χ0) is 10.8. The summed E-state index contributed by atoms with van der Waals surface area (Å²) >= 11 is 0. The standard InChI is InChI=1S/C11H20O3/c1-3-4-5-6-11(9-12)7-8-14-10(2)13/h3,11-12H,1,4-9H2,2H3. The first-order valence-corrected chi connectivity index (χ1v) is 5.05. The second kappa shape index (κ2) is 8.75. The van der Waals surface area contributed by atoms with Crippen molar-refractivity contribution >= 4 is 5.97 Å². The van der Waals surface area contributed by atoms with Crippen LogP contribution in [0.1, 0.15) is 32.6 Å². The van der Waals surface area contributed by atoms with Crippen molar-refractivity contribution in [2.75, 3.05) is 13.2 Å². The molecule has 1 unspecified atom stereocenters. The van der Waals surface area contributed by atoms with Crippen molar-refractivity contribution in [3.05, 3.63) is 12.7 Å². The van der Waals surface area contributed by atoms with Gasteiger partial charge in [0.05, 0.1) is 6.61 Å². The maximum atomic E-state index is 10.5. The highest BCUT2D eigenvalue weighted by atomic mass is 16.5. The van der Waals surface area contributed by atoms with Gasteiger partial charge in [-0.05, 0) is 31.6 Å². The van der Waals surface area contributed by atoms with Crippen LogP contribution in [-0.4, -0.2) is 24.3 Å². The first kappa shape index (κ1) is 13.2. The predicted octanol–water partition coefficient (Wildman–Crippen LogP) is 1.90. The summed E-state index contributed by atoms with van der Waals surface area (Å²) in [6, 6.07) is 0. The van der Waals surface area contributed by atoms with Crippen LogP contribution in [0.3, 0.4) is 0 Å². The molecule has 0 saturated heterocycles. The van der Waals surface area contributed by atoms with Gasteiger partial charge in [0.1, 0.15) is 0 Å². The molecule has 0 radical (unpaired) electrons. The second-order valence-corrected chi connectivity index (χ2v) is 3.40. The number of hydrogen-bond donors (Lipinski definition) is 1. The molecule has 82 valence electrons. The Balaban J connectivity index is 3.47. The Morgan fingerprint density at radius 1 is 1.57 bits per heavy atom. The Labute approximate surface area is 85.8 Å². The van der Waals surface area contributed by atoms with E-state index in [9.17, 15) is 4.79 Å². The van der Waals surface area contributed by atoms with Crippen molar-refractivity contribution in [1.29, 1.82) is 0 Å². The van der Waals surface area contributed by atoms with Gasteiger partial charge in [-0.25, -0.2) is 0 Å². The smallest absolute Gasteiger partial charge is 0.302 e. The molecule has 1 atom stereocenters. The highest BCUT2D eigenvalue weighted by Gasteiger charge is 2.07. The molecule has 0 spiro atoms. The lowest BCUT2D eigenvalue weighted by Crippen LogP contribution is -2.11. The number of carbonyl (C=O) groups excluding carboxylic acids is 1. The van der Waals surface area contributed by atoms with E-state index in [1.165, 1.54) is 6.92 Å². The molecule has 3 heteroatoms. The Hall–Kier alpha value is -0.830. The van der Waals surface area contributed by atoms with Crippen LogP contribution in [0.25, 0.3) is 0 Å². The summed E-state index contributed by atoms with van der Waals surface area (Å²) < 4.78 is 4.81. The SMILES string of the molecule is C=CCCCC(CO)CCOC(C)=O. The lowest BCUT2D eigenvalue weighted by Gasteiger charge is -2.12. The third kappa shape index (κ3) is 7.80. The van der Waals surface area contributed by atoms with Gasteiger partial charge in [0.25, 0.3) is 0 Å². The fourth-order valence-corrected chi connectivity index (χ4v) is 1.25. The first-order chi connectivity index (χ1) is 6.70. The molecular weight excluding hydrogens is 180 g/mol. The zero-order valence-electron chi connectivity index (χ0n) is 8.87. The van der Waals surface area contributed by atoms with E-state index in [-0.39, 0.29) is 18.5 Å². The molecule has 14 heavy (non-hydrogen) atoms. The lowest BCUT2D eigenvalue weighted by molar-refractivity contribution is -0.141. The number of unbranched alkanes of at least 4 members (excludes halogenated alkanes) is 1. The van der Waals surface area contributed by atoms with Crippen LogP contribution in [0.2, 0.25) is 0 Å². The van der Waals surface area contributed by atoms with Crippen LogP contribution in [0.5, 0.6) is 0 Å². The largest absolute Gasteiger partial charge is 0.466 e. The highest BCUT2D eigenvalue weighted by molar-refractivity contribution is 5.65. The molecule has 0 fully saturated rings. The number of hydrogen-bond acceptors (Lipinski definition) is 3. The van der Waals surface area contributed by atoms with Gasteiger partial charge in [-0.3, -0.25) is 4.79 Å². The molecule has 0 bridgehead atoms. The van der Waals surface area contributed by atoms with Crippen LogP contribution >= 0.6 is 0 Å². The molecule has 0 aromatic carbocycles. The summed E-state index contributed by atoms with van der Waals surface area (Å²) in [7, 11) is 0. The van der Waals surface area contributed by atoms with Gasteiger partial charge in [-0.2, -0.15) is 0 Å². The van der Waals surface area contributed by atoms with Gasteiger partial charge < -0.3 is 9.84 Å². The van der Waals surface area contributed by atoms with Gasteiger partial charge in [-0.15, -0.1) is 6.58 Å². The minimum Gasteiger partial charge on any atom is -0.466 e. The van der Waals surface area contributed by atoms with Crippen LogP contribution in [0, 0.1) is 5.92 Å². The number of aliphatic hydroxyl groups is 1. The van der Waals surface area contributed by atoms with Gasteiger partial charge in [0, 0.05) is 13.5 Å². The average molecular weight is 200 g/mol. The van der Waals surface area contributed by atoms with Crippen molar-refractivity contribution in [2.45, 2.75) is 32.6 Å². The summed E-state index contributed by atoms with van der Waals surface area (Å²) in [4.78, 5) is 10.5.